The van der Waals surface area contributed by atoms with Gasteiger partial charge in [-0.05, 0) is 0 Å². The van der Waals surface area contributed by atoms with Crippen molar-refractivity contribution >= 4 is 23.9 Å². The van der Waals surface area contributed by atoms with Crippen LogP contribution in [0.3, 0.4) is 0 Å². The van der Waals surface area contributed by atoms with Gasteiger partial charge in [-0.15, -0.1) is 0 Å². The molecule has 0 amide bonds. The van der Waals surface area contributed by atoms with E-state index in [1.807, 2.05) is 0 Å². The molecule has 142 valence electrons. The lowest BCUT2D eigenvalue weighted by Crippen LogP contribution is -2.23. The maximum atomic E-state index is 11.2. The molecule has 0 aliphatic carbocycles. The van der Waals surface area contributed by atoms with Gasteiger partial charge in [0.25, 0.3) is 0 Å². The van der Waals surface area contributed by atoms with Crippen LogP contribution >= 0.6 is 0 Å². The predicted molar refractivity (Wildman–Crippen MR) is 76.2 cm³/mol. The van der Waals surface area contributed by atoms with E-state index in [1.165, 1.54) is 0 Å². The average Bonchev–Trinajstić information content (AvgIpc) is 2.50. The third kappa shape index (κ3) is 13.3. The van der Waals surface area contributed by atoms with Crippen molar-refractivity contribution in [1.82, 2.24) is 0 Å². The molecule has 0 bridgehead atoms. The van der Waals surface area contributed by atoms with E-state index in [9.17, 15) is 32.3 Å². The molecule has 0 aliphatic heterocycles. The zero-order chi connectivity index (χ0) is 20.2. The molecule has 25 heavy (non-hydrogen) atoms. The smallest absolute Gasteiger partial charge is 0.422 e. The van der Waals surface area contributed by atoms with Gasteiger partial charge in [-0.1, -0.05) is 20.1 Å². The van der Waals surface area contributed by atoms with Gasteiger partial charge in [-0.25, -0.2) is 9.59 Å². The highest BCUT2D eigenvalue weighted by atomic mass is 19.4. The van der Waals surface area contributed by atoms with E-state index in [0.717, 1.165) is 6.08 Å². The first kappa shape index (κ1) is 24.4. The van der Waals surface area contributed by atoms with Crippen LogP contribution in [0.25, 0.3) is 0 Å². The maximum Gasteiger partial charge on any atom is 0.422 e. The largest absolute Gasteiger partial charge is 0.481 e. The molecular weight excluding hydrogens is 353 g/mol. The maximum absolute atomic E-state index is 11.2. The van der Waals surface area contributed by atoms with Crippen molar-refractivity contribution in [2.24, 2.45) is 0 Å². The minimum Gasteiger partial charge on any atom is -0.481 e. The zero-order valence-corrected chi connectivity index (χ0v) is 13.2. The molecule has 0 rings (SSSR count). The molecular formula is C14H17F3O8. The SMILES string of the molecule is C=C(C(=O)O)C(F)(F)F.C=CC(=O)OC(CC)OC(=O)CCC(=O)O. The second-order valence-electron chi connectivity index (χ2n) is 4.14. The number of ether oxygens (including phenoxy) is 2. The van der Waals surface area contributed by atoms with Gasteiger partial charge >= 0.3 is 30.1 Å². The summed E-state index contributed by atoms with van der Waals surface area (Å²) >= 11 is 0. The van der Waals surface area contributed by atoms with Crippen LogP contribution in [0.4, 0.5) is 13.2 Å². The van der Waals surface area contributed by atoms with Crippen molar-refractivity contribution in [3.63, 3.8) is 0 Å². The number of carboxylic acid groups (broad SMARTS) is 2. The van der Waals surface area contributed by atoms with E-state index >= 15 is 0 Å². The topological polar surface area (TPSA) is 127 Å². The number of alkyl halides is 3. The van der Waals surface area contributed by atoms with Crippen LogP contribution in [0.2, 0.25) is 0 Å². The molecule has 11 heteroatoms. The molecule has 0 heterocycles. The number of halogens is 3. The number of carboxylic acids is 2. The molecule has 0 aliphatic rings. The Balaban J connectivity index is 0. The van der Waals surface area contributed by atoms with Crippen LogP contribution in [0, 0.1) is 0 Å². The van der Waals surface area contributed by atoms with Crippen molar-refractivity contribution in [1.29, 1.82) is 0 Å². The molecule has 2 N–H and O–H groups in total. The monoisotopic (exact) mass is 370 g/mol. The Morgan fingerprint density at radius 1 is 1.12 bits per heavy atom. The first-order valence-electron chi connectivity index (χ1n) is 6.58. The van der Waals surface area contributed by atoms with Crippen LogP contribution in [0.1, 0.15) is 26.2 Å². The lowest BCUT2D eigenvalue weighted by Gasteiger charge is -2.15. The standard InChI is InChI=1S/C10H14O6.C4H3F3O2/c1-3-8(13)15-10(4-2)16-9(14)6-5-7(11)12;1-2(3(8)9)4(5,6)7/h3,10H,1,4-6H2,2H3,(H,11,12);1H2,(H,8,9). The number of carbonyl (C=O) groups excluding carboxylic acids is 2. The molecule has 0 spiro atoms. The summed E-state index contributed by atoms with van der Waals surface area (Å²) in [6.45, 7) is 7.15. The molecule has 1 unspecified atom stereocenters. The summed E-state index contributed by atoms with van der Waals surface area (Å²) in [6.07, 6.45) is -5.13. The molecule has 0 fully saturated rings. The summed E-state index contributed by atoms with van der Waals surface area (Å²) in [4.78, 5) is 41.6. The molecule has 0 saturated carbocycles. The number of rotatable bonds is 8. The lowest BCUT2D eigenvalue weighted by molar-refractivity contribution is -0.185. The third-order valence-electron chi connectivity index (χ3n) is 2.15. The number of hydrogen-bond acceptors (Lipinski definition) is 6. The van der Waals surface area contributed by atoms with Crippen molar-refractivity contribution in [3.8, 4) is 0 Å². The van der Waals surface area contributed by atoms with Gasteiger partial charge in [0.15, 0.2) is 0 Å². The second kappa shape index (κ2) is 11.6. The van der Waals surface area contributed by atoms with Gasteiger partial charge in [0, 0.05) is 12.5 Å². The first-order valence-corrected chi connectivity index (χ1v) is 6.58. The van der Waals surface area contributed by atoms with Gasteiger partial charge in [0.1, 0.15) is 5.57 Å². The van der Waals surface area contributed by atoms with E-state index in [1.54, 1.807) is 6.92 Å². The molecule has 0 aromatic heterocycles. The van der Waals surface area contributed by atoms with Crippen LogP contribution in [0.5, 0.6) is 0 Å². The van der Waals surface area contributed by atoms with Gasteiger partial charge in [0.05, 0.1) is 12.8 Å². The van der Waals surface area contributed by atoms with E-state index in [2.05, 4.69) is 17.9 Å². The average molecular weight is 370 g/mol. The number of hydrogen-bond donors (Lipinski definition) is 2. The summed E-state index contributed by atoms with van der Waals surface area (Å²) in [5.41, 5.74) is -1.75. The minimum absolute atomic E-state index is 0.253. The zero-order valence-electron chi connectivity index (χ0n) is 13.2. The van der Waals surface area contributed by atoms with Gasteiger partial charge in [0.2, 0.25) is 6.29 Å². The minimum atomic E-state index is -4.81. The van der Waals surface area contributed by atoms with E-state index < -0.39 is 41.9 Å². The lowest BCUT2D eigenvalue weighted by atomic mass is 10.3. The highest BCUT2D eigenvalue weighted by molar-refractivity contribution is 5.87. The summed E-state index contributed by atoms with van der Waals surface area (Å²) < 4.78 is 43.1. The van der Waals surface area contributed by atoms with E-state index in [0.29, 0.717) is 6.42 Å². The van der Waals surface area contributed by atoms with Gasteiger partial charge < -0.3 is 19.7 Å². The highest BCUT2D eigenvalue weighted by Gasteiger charge is 2.36. The molecule has 0 saturated heterocycles. The van der Waals surface area contributed by atoms with E-state index in [4.69, 9.17) is 14.9 Å². The van der Waals surface area contributed by atoms with Gasteiger partial charge in [-0.3, -0.25) is 9.59 Å². The number of esters is 2. The number of carbonyl (C=O) groups is 4. The van der Waals surface area contributed by atoms with Crippen molar-refractivity contribution in [2.45, 2.75) is 38.7 Å². The quantitative estimate of drug-likeness (QED) is 0.377. The summed E-state index contributed by atoms with van der Waals surface area (Å²) in [5, 5.41) is 16.0. The molecule has 1 atom stereocenters. The predicted octanol–water partition coefficient (Wildman–Crippen LogP) is 2.05. The third-order valence-corrected chi connectivity index (χ3v) is 2.15. The van der Waals surface area contributed by atoms with Crippen LogP contribution < -0.4 is 0 Å². The Bertz CT molecular complexity index is 525. The Labute approximate surface area is 140 Å². The summed E-state index contributed by atoms with van der Waals surface area (Å²) in [6, 6.07) is 0. The molecule has 0 radical (unpaired) electrons. The highest BCUT2D eigenvalue weighted by Crippen LogP contribution is 2.23. The Kier molecular flexibility index (Phi) is 11.4. The van der Waals surface area contributed by atoms with Crippen molar-refractivity contribution in [3.05, 3.63) is 24.8 Å². The van der Waals surface area contributed by atoms with Crippen LogP contribution in [-0.2, 0) is 28.7 Å². The van der Waals surface area contributed by atoms with E-state index in [-0.39, 0.29) is 12.8 Å². The Morgan fingerprint density at radius 2 is 1.64 bits per heavy atom. The van der Waals surface area contributed by atoms with Gasteiger partial charge in [-0.2, -0.15) is 13.2 Å². The molecule has 8 nitrogen and oxygen atoms in total. The fourth-order valence-electron chi connectivity index (χ4n) is 0.904. The van der Waals surface area contributed by atoms with Crippen molar-refractivity contribution < 1.29 is 52.0 Å². The fourth-order valence-corrected chi connectivity index (χ4v) is 0.904. The second-order valence-corrected chi connectivity index (χ2v) is 4.14. The van der Waals surface area contributed by atoms with Crippen molar-refractivity contribution in [2.75, 3.05) is 0 Å². The first-order chi connectivity index (χ1) is 11.3. The summed E-state index contributed by atoms with van der Waals surface area (Å²) in [5.74, 6) is -4.54. The van der Waals surface area contributed by atoms with Crippen LogP contribution in [0.15, 0.2) is 24.8 Å². The Hall–Kier alpha value is -2.85. The molecule has 0 aromatic rings. The van der Waals surface area contributed by atoms with Crippen LogP contribution in [-0.4, -0.2) is 46.6 Å². The summed E-state index contributed by atoms with van der Waals surface area (Å²) in [7, 11) is 0. The molecule has 0 aromatic carbocycles. The number of aliphatic carboxylic acids is 2. The normalized spacial score (nSPS) is 11.2. The Morgan fingerprint density at radius 3 is 1.92 bits per heavy atom. The fraction of sp³-hybridized carbons (Fsp3) is 0.429.